The van der Waals surface area contributed by atoms with Gasteiger partial charge in [-0.2, -0.15) is 16.8 Å². The molecule has 4 rings (SSSR count). The SMILES string of the molecule is O=[N+]([O-])c1cc(S(=O)(=O)O)cc(N=Nc2cc(Cc3cc(N=Nc4cc(S(=O)(=O)O)cc([N+](=O)[O-])c4O)c(O)cc3O)c(O)cc2O)c1O. The monoisotopic (exact) mass is 722 g/mol. The Bertz CT molecular complexity index is 2180. The van der Waals surface area contributed by atoms with Crippen LogP contribution in [0.5, 0.6) is 34.5 Å². The van der Waals surface area contributed by atoms with Crippen molar-refractivity contribution in [2.75, 3.05) is 0 Å². The Morgan fingerprint density at radius 1 is 0.510 bits per heavy atom. The van der Waals surface area contributed by atoms with Crippen LogP contribution in [0.15, 0.2) is 78.8 Å². The molecule has 256 valence electrons. The lowest BCUT2D eigenvalue weighted by Gasteiger charge is -2.10. The van der Waals surface area contributed by atoms with Crippen molar-refractivity contribution in [3.8, 4) is 34.5 Å². The van der Waals surface area contributed by atoms with Crippen molar-refractivity contribution < 1.29 is 66.4 Å². The largest absolute Gasteiger partial charge is 0.508 e. The Hall–Kier alpha value is -6.50. The topological polar surface area (TPSA) is 366 Å². The van der Waals surface area contributed by atoms with Crippen LogP contribution in [0.2, 0.25) is 0 Å². The van der Waals surface area contributed by atoms with Crippen molar-refractivity contribution in [2.24, 2.45) is 20.5 Å². The first-order chi connectivity index (χ1) is 22.7. The lowest BCUT2D eigenvalue weighted by molar-refractivity contribution is -0.386. The van der Waals surface area contributed by atoms with Crippen LogP contribution < -0.4 is 0 Å². The minimum absolute atomic E-state index is 0.119. The first kappa shape index (κ1) is 35.4. The van der Waals surface area contributed by atoms with E-state index in [1.807, 2.05) is 0 Å². The van der Waals surface area contributed by atoms with Gasteiger partial charge in [-0.25, -0.2) is 0 Å². The molecule has 0 amide bonds. The predicted octanol–water partition coefficient (Wildman–Crippen LogP) is 4.65. The first-order valence-corrected chi connectivity index (χ1v) is 15.5. The number of nitro benzene ring substituents is 2. The highest BCUT2D eigenvalue weighted by Gasteiger charge is 2.26. The maximum absolute atomic E-state index is 11.5. The number of phenolic OH excluding ortho intramolecular Hbond substituents is 6. The number of benzene rings is 4. The van der Waals surface area contributed by atoms with Gasteiger partial charge in [-0.15, -0.1) is 20.5 Å². The van der Waals surface area contributed by atoms with Gasteiger partial charge >= 0.3 is 11.4 Å². The Labute approximate surface area is 271 Å². The third-order valence-electron chi connectivity index (χ3n) is 6.34. The second kappa shape index (κ2) is 13.0. The molecule has 0 atom stereocenters. The second-order valence-electron chi connectivity index (χ2n) is 9.60. The fourth-order valence-corrected chi connectivity index (χ4v) is 5.01. The zero-order valence-corrected chi connectivity index (χ0v) is 25.3. The van der Waals surface area contributed by atoms with Gasteiger partial charge in [0.15, 0.2) is 0 Å². The van der Waals surface area contributed by atoms with Crippen molar-refractivity contribution in [1.82, 2.24) is 0 Å². The molecule has 8 N–H and O–H groups in total. The van der Waals surface area contributed by atoms with Crippen LogP contribution in [0.4, 0.5) is 34.1 Å². The molecule has 0 heterocycles. The van der Waals surface area contributed by atoms with Crippen molar-refractivity contribution in [1.29, 1.82) is 0 Å². The van der Waals surface area contributed by atoms with E-state index in [2.05, 4.69) is 20.5 Å². The van der Waals surface area contributed by atoms with Gasteiger partial charge in [0.25, 0.3) is 20.2 Å². The lowest BCUT2D eigenvalue weighted by Crippen LogP contribution is -1.99. The molecular weight excluding hydrogens is 704 g/mol. The summed E-state index contributed by atoms with van der Waals surface area (Å²) in [4.78, 5) is 18.1. The zero-order chi connectivity index (χ0) is 36.6. The van der Waals surface area contributed by atoms with Gasteiger partial charge in [-0.1, -0.05) is 0 Å². The van der Waals surface area contributed by atoms with Crippen LogP contribution in [0.3, 0.4) is 0 Å². The summed E-state index contributed by atoms with van der Waals surface area (Å²) >= 11 is 0. The highest BCUT2D eigenvalue weighted by Crippen LogP contribution is 2.43. The molecule has 0 unspecified atom stereocenters. The van der Waals surface area contributed by atoms with Crippen LogP contribution in [-0.4, -0.2) is 66.4 Å². The van der Waals surface area contributed by atoms with E-state index >= 15 is 0 Å². The number of aromatic hydroxyl groups is 6. The van der Waals surface area contributed by atoms with E-state index in [1.54, 1.807) is 0 Å². The average Bonchev–Trinajstić information content (AvgIpc) is 2.98. The lowest BCUT2D eigenvalue weighted by atomic mass is 10.0. The zero-order valence-electron chi connectivity index (χ0n) is 23.7. The molecule has 22 nitrogen and oxygen atoms in total. The van der Waals surface area contributed by atoms with Gasteiger partial charge in [0.05, 0.1) is 9.85 Å². The van der Waals surface area contributed by atoms with Crippen LogP contribution in [-0.2, 0) is 26.7 Å². The summed E-state index contributed by atoms with van der Waals surface area (Å²) < 4.78 is 64.7. The van der Waals surface area contributed by atoms with E-state index in [0.29, 0.717) is 24.3 Å². The molecule has 0 bridgehead atoms. The Morgan fingerprint density at radius 2 is 0.837 bits per heavy atom. The number of phenols is 6. The summed E-state index contributed by atoms with van der Waals surface area (Å²) in [6, 6.07) is 5.30. The van der Waals surface area contributed by atoms with Crippen molar-refractivity contribution in [3.05, 3.63) is 79.9 Å². The summed E-state index contributed by atoms with van der Waals surface area (Å²) in [7, 11) is -10.0. The number of nitro groups is 2. The molecule has 0 saturated heterocycles. The van der Waals surface area contributed by atoms with Crippen LogP contribution in [0.25, 0.3) is 0 Å². The van der Waals surface area contributed by atoms with Crippen LogP contribution >= 0.6 is 0 Å². The van der Waals surface area contributed by atoms with Crippen LogP contribution in [0.1, 0.15) is 11.1 Å². The van der Waals surface area contributed by atoms with Gasteiger partial charge in [0, 0.05) is 41.8 Å². The van der Waals surface area contributed by atoms with E-state index < -0.39 is 115 Å². The number of hydrogen-bond donors (Lipinski definition) is 8. The Kier molecular flexibility index (Phi) is 9.34. The highest BCUT2D eigenvalue weighted by atomic mass is 32.2. The Morgan fingerprint density at radius 3 is 1.14 bits per heavy atom. The number of hydrogen-bond acceptors (Lipinski definition) is 18. The summed E-state index contributed by atoms with van der Waals surface area (Å²) in [5.74, 6) is -4.98. The molecular formula is C25H18N6O16S2. The predicted molar refractivity (Wildman–Crippen MR) is 160 cm³/mol. The van der Waals surface area contributed by atoms with E-state index in [-0.39, 0.29) is 11.1 Å². The first-order valence-electron chi connectivity index (χ1n) is 12.6. The minimum Gasteiger partial charge on any atom is -0.508 e. The number of rotatable bonds is 10. The molecule has 0 aliphatic rings. The van der Waals surface area contributed by atoms with E-state index in [0.717, 1.165) is 24.3 Å². The van der Waals surface area contributed by atoms with Crippen molar-refractivity contribution in [2.45, 2.75) is 16.2 Å². The van der Waals surface area contributed by atoms with Gasteiger partial charge in [-0.3, -0.25) is 29.3 Å². The third-order valence-corrected chi connectivity index (χ3v) is 8.00. The minimum atomic E-state index is -5.01. The molecule has 4 aromatic carbocycles. The number of azo groups is 2. The van der Waals surface area contributed by atoms with Gasteiger partial charge in [-0.05, 0) is 24.3 Å². The maximum atomic E-state index is 11.5. The maximum Gasteiger partial charge on any atom is 0.314 e. The summed E-state index contributed by atoms with van der Waals surface area (Å²) in [6.07, 6.45) is -0.437. The molecule has 0 aromatic heterocycles. The van der Waals surface area contributed by atoms with Gasteiger partial charge in [0.1, 0.15) is 55.5 Å². The smallest absolute Gasteiger partial charge is 0.314 e. The Balaban J connectivity index is 1.73. The standard InChI is InChI=1S/C25H18N6O16S2/c32-20-8-22(34)14(26-28-16-4-12(48(42,43)44)6-18(24(16)36)30(38)39)2-10(20)1-11-3-15(23(35)9-21(11)33)27-29-17-5-13(49(45,46)47)7-19(25(17)37)31(40)41/h2-9,32-37H,1H2,(H,42,43,44)(H,45,46,47). The fourth-order valence-electron chi connectivity index (χ4n) is 3.97. The van der Waals surface area contributed by atoms with Crippen LogP contribution in [0, 0.1) is 20.2 Å². The van der Waals surface area contributed by atoms with Crippen molar-refractivity contribution >= 4 is 54.4 Å². The molecule has 0 aliphatic heterocycles. The van der Waals surface area contributed by atoms with E-state index in [9.17, 15) is 76.8 Å². The van der Waals surface area contributed by atoms with E-state index in [1.165, 1.54) is 0 Å². The average molecular weight is 723 g/mol. The quantitative estimate of drug-likeness (QED) is 0.0477. The van der Waals surface area contributed by atoms with E-state index in [4.69, 9.17) is 0 Å². The van der Waals surface area contributed by atoms with Crippen molar-refractivity contribution in [3.63, 3.8) is 0 Å². The second-order valence-corrected chi connectivity index (χ2v) is 12.4. The molecule has 0 aliphatic carbocycles. The molecule has 0 radical (unpaired) electrons. The summed E-state index contributed by atoms with van der Waals surface area (Å²) in [5, 5.41) is 98.4. The molecule has 49 heavy (non-hydrogen) atoms. The fraction of sp³-hybridized carbons (Fsp3) is 0.0400. The highest BCUT2D eigenvalue weighted by molar-refractivity contribution is 7.86. The molecule has 24 heteroatoms. The summed E-state index contributed by atoms with van der Waals surface area (Å²) in [6.45, 7) is 0. The number of nitrogens with zero attached hydrogens (tertiary/aromatic N) is 6. The summed E-state index contributed by atoms with van der Waals surface area (Å²) in [5.41, 5.74) is -5.13. The van der Waals surface area contributed by atoms with Gasteiger partial charge in [0.2, 0.25) is 11.5 Å². The molecule has 4 aromatic rings. The molecule has 0 fully saturated rings. The third kappa shape index (κ3) is 7.73. The van der Waals surface area contributed by atoms with Gasteiger partial charge < -0.3 is 30.6 Å². The normalized spacial score (nSPS) is 12.1. The molecule has 0 spiro atoms. The molecule has 0 saturated carbocycles.